The molecule has 1 aromatic heterocycles. The number of aryl methyl sites for hydroxylation is 1. The SMILES string of the molecule is Cc1ccc2nc(-c3ccc(NC(=O)NCCN4C(=O)C5(COc6cc7c(cc65)OCO7)c5ccccc54)cc3)sc2c1. The lowest BCUT2D eigenvalue weighted by Gasteiger charge is -2.23. The van der Waals surface area contributed by atoms with Gasteiger partial charge in [0.15, 0.2) is 11.5 Å². The van der Waals surface area contributed by atoms with Crippen LogP contribution in [0.15, 0.2) is 78.9 Å². The minimum atomic E-state index is -0.973. The molecule has 43 heavy (non-hydrogen) atoms. The first-order valence-electron chi connectivity index (χ1n) is 14.0. The molecule has 8 rings (SSSR count). The number of fused-ring (bicyclic) bond motifs is 6. The molecule has 0 saturated heterocycles. The first kappa shape index (κ1) is 25.6. The van der Waals surface area contributed by atoms with E-state index >= 15 is 0 Å². The Kier molecular flexibility index (Phi) is 5.80. The Hall–Kier alpha value is -5.09. The Bertz CT molecular complexity index is 1940. The van der Waals surface area contributed by atoms with Crippen molar-refractivity contribution in [2.45, 2.75) is 12.3 Å². The summed E-state index contributed by atoms with van der Waals surface area (Å²) in [5, 5.41) is 6.70. The van der Waals surface area contributed by atoms with Crippen LogP contribution in [-0.2, 0) is 10.2 Å². The van der Waals surface area contributed by atoms with Gasteiger partial charge in [-0.3, -0.25) is 4.79 Å². The van der Waals surface area contributed by atoms with Gasteiger partial charge in [-0.05, 0) is 66.6 Å². The van der Waals surface area contributed by atoms with E-state index in [0.717, 1.165) is 37.6 Å². The molecule has 5 aromatic rings. The van der Waals surface area contributed by atoms with Crippen LogP contribution in [0.5, 0.6) is 17.2 Å². The van der Waals surface area contributed by atoms with Gasteiger partial charge in [0.2, 0.25) is 12.7 Å². The minimum absolute atomic E-state index is 0.0888. The second-order valence-corrected chi connectivity index (χ2v) is 11.8. The van der Waals surface area contributed by atoms with Crippen LogP contribution >= 0.6 is 11.3 Å². The highest BCUT2D eigenvalue weighted by Crippen LogP contribution is 2.54. The molecule has 10 heteroatoms. The molecule has 0 saturated carbocycles. The predicted octanol–water partition coefficient (Wildman–Crippen LogP) is 5.85. The Balaban J connectivity index is 0.944. The first-order chi connectivity index (χ1) is 21.0. The van der Waals surface area contributed by atoms with E-state index in [1.54, 1.807) is 22.3 Å². The number of carbonyl (C=O) groups is 2. The Labute approximate surface area is 251 Å². The smallest absolute Gasteiger partial charge is 0.319 e. The van der Waals surface area contributed by atoms with Crippen LogP contribution in [0.25, 0.3) is 20.8 Å². The quantitative estimate of drug-likeness (QED) is 0.266. The molecule has 0 fully saturated rings. The number of urea groups is 1. The molecule has 3 amide bonds. The molecule has 2 N–H and O–H groups in total. The zero-order chi connectivity index (χ0) is 29.1. The fourth-order valence-corrected chi connectivity index (χ4v) is 7.16. The number of hydrogen-bond acceptors (Lipinski definition) is 7. The van der Waals surface area contributed by atoms with Crippen molar-refractivity contribution in [1.82, 2.24) is 10.3 Å². The van der Waals surface area contributed by atoms with Crippen LogP contribution in [0.3, 0.4) is 0 Å². The van der Waals surface area contributed by atoms with Crippen molar-refractivity contribution < 1.29 is 23.8 Å². The maximum atomic E-state index is 14.1. The third kappa shape index (κ3) is 4.09. The van der Waals surface area contributed by atoms with Gasteiger partial charge in [0.25, 0.3) is 0 Å². The highest BCUT2D eigenvalue weighted by Gasteiger charge is 2.57. The van der Waals surface area contributed by atoms with E-state index in [9.17, 15) is 9.59 Å². The maximum absolute atomic E-state index is 14.1. The summed E-state index contributed by atoms with van der Waals surface area (Å²) in [5.41, 5.74) is 5.33. The number of hydrogen-bond donors (Lipinski definition) is 2. The van der Waals surface area contributed by atoms with E-state index in [2.05, 4.69) is 29.7 Å². The average Bonchev–Trinajstić information content (AvgIpc) is 3.78. The van der Waals surface area contributed by atoms with E-state index in [4.69, 9.17) is 19.2 Å². The van der Waals surface area contributed by atoms with Crippen molar-refractivity contribution in [3.05, 3.63) is 95.6 Å². The molecule has 214 valence electrons. The number of rotatable bonds is 5. The Morgan fingerprint density at radius 1 is 0.953 bits per heavy atom. The summed E-state index contributed by atoms with van der Waals surface area (Å²) >= 11 is 1.65. The lowest BCUT2D eigenvalue weighted by atomic mass is 9.77. The van der Waals surface area contributed by atoms with E-state index in [-0.39, 0.29) is 31.9 Å². The zero-order valence-corrected chi connectivity index (χ0v) is 24.0. The van der Waals surface area contributed by atoms with Crippen LogP contribution in [0.1, 0.15) is 16.7 Å². The number of carbonyl (C=O) groups excluding carboxylic acids is 2. The highest BCUT2D eigenvalue weighted by molar-refractivity contribution is 7.21. The molecule has 1 unspecified atom stereocenters. The van der Waals surface area contributed by atoms with Gasteiger partial charge in [-0.2, -0.15) is 0 Å². The molecule has 9 nitrogen and oxygen atoms in total. The number of ether oxygens (including phenoxy) is 3. The van der Waals surface area contributed by atoms with Gasteiger partial charge in [0, 0.05) is 41.7 Å². The van der Waals surface area contributed by atoms with Crippen LogP contribution in [0.4, 0.5) is 16.2 Å². The Morgan fingerprint density at radius 3 is 2.63 bits per heavy atom. The molecule has 0 aliphatic carbocycles. The van der Waals surface area contributed by atoms with Crippen molar-refractivity contribution in [1.29, 1.82) is 0 Å². The topological polar surface area (TPSA) is 102 Å². The first-order valence-corrected chi connectivity index (χ1v) is 14.8. The van der Waals surface area contributed by atoms with Gasteiger partial charge in [-0.25, -0.2) is 9.78 Å². The molecule has 4 heterocycles. The molecule has 1 spiro atoms. The number of aromatic nitrogens is 1. The summed E-state index contributed by atoms with van der Waals surface area (Å²) in [6.07, 6.45) is 0. The molecule has 0 bridgehead atoms. The van der Waals surface area contributed by atoms with Gasteiger partial charge in [-0.15, -0.1) is 11.3 Å². The van der Waals surface area contributed by atoms with Gasteiger partial charge < -0.3 is 29.7 Å². The number of amides is 3. The molecule has 4 aromatic carbocycles. The van der Waals surface area contributed by atoms with Crippen molar-refractivity contribution >= 4 is 44.9 Å². The van der Waals surface area contributed by atoms with Gasteiger partial charge in [0.1, 0.15) is 22.8 Å². The second kappa shape index (κ2) is 9.74. The summed E-state index contributed by atoms with van der Waals surface area (Å²) in [6, 6.07) is 24.9. The van der Waals surface area contributed by atoms with Gasteiger partial charge in [-0.1, -0.05) is 24.3 Å². The third-order valence-electron chi connectivity index (χ3n) is 8.20. The standard InChI is InChI=1S/C33H26N4O5S/c1-19-6-11-24-29(14-19)43-30(36-24)20-7-9-21(10-8-20)35-32(39)34-12-13-37-25-5-3-2-4-22(25)33(31(37)38)17-40-26-16-28-27(15-23(26)33)41-18-42-28/h2-11,14-16H,12-13,17-18H2,1H3,(H2,34,35,39). The second-order valence-electron chi connectivity index (χ2n) is 10.8. The number of nitrogens with zero attached hydrogens (tertiary/aromatic N) is 2. The normalized spacial score (nSPS) is 17.7. The van der Waals surface area contributed by atoms with E-state index < -0.39 is 5.41 Å². The largest absolute Gasteiger partial charge is 0.491 e. The average molecular weight is 591 g/mol. The van der Waals surface area contributed by atoms with E-state index in [1.807, 2.05) is 60.7 Å². The molecule has 3 aliphatic rings. The van der Waals surface area contributed by atoms with Crippen molar-refractivity contribution in [2.24, 2.45) is 0 Å². The lowest BCUT2D eigenvalue weighted by molar-refractivity contribution is -0.122. The van der Waals surface area contributed by atoms with Crippen molar-refractivity contribution in [3.8, 4) is 27.8 Å². The molecule has 1 atom stereocenters. The summed E-state index contributed by atoms with van der Waals surface area (Å²) in [5.74, 6) is 1.75. The number of nitrogens with one attached hydrogen (secondary N) is 2. The van der Waals surface area contributed by atoms with Crippen LogP contribution in [-0.4, -0.2) is 43.4 Å². The number of anilines is 2. The maximum Gasteiger partial charge on any atom is 0.319 e. The molecule has 0 radical (unpaired) electrons. The van der Waals surface area contributed by atoms with Gasteiger partial charge in [0.05, 0.1) is 10.2 Å². The predicted molar refractivity (Wildman–Crippen MR) is 164 cm³/mol. The fourth-order valence-electron chi connectivity index (χ4n) is 6.09. The number of benzene rings is 4. The molecule has 3 aliphatic heterocycles. The van der Waals surface area contributed by atoms with Crippen LogP contribution < -0.4 is 29.7 Å². The summed E-state index contributed by atoms with van der Waals surface area (Å²) in [7, 11) is 0. The zero-order valence-electron chi connectivity index (χ0n) is 23.2. The highest BCUT2D eigenvalue weighted by atomic mass is 32.1. The van der Waals surface area contributed by atoms with Gasteiger partial charge >= 0.3 is 6.03 Å². The summed E-state index contributed by atoms with van der Waals surface area (Å²) in [6.45, 7) is 2.98. The number of thiazole rings is 1. The molecular formula is C33H26N4O5S. The third-order valence-corrected chi connectivity index (χ3v) is 9.27. The van der Waals surface area contributed by atoms with E-state index in [1.165, 1.54) is 5.56 Å². The van der Waals surface area contributed by atoms with E-state index in [0.29, 0.717) is 29.5 Å². The number of para-hydroxylation sites is 1. The lowest BCUT2D eigenvalue weighted by Crippen LogP contribution is -2.45. The van der Waals surface area contributed by atoms with Crippen molar-refractivity contribution in [3.63, 3.8) is 0 Å². The van der Waals surface area contributed by atoms with Crippen LogP contribution in [0, 0.1) is 6.92 Å². The molecular weight excluding hydrogens is 564 g/mol. The monoisotopic (exact) mass is 590 g/mol. The Morgan fingerprint density at radius 2 is 1.77 bits per heavy atom. The minimum Gasteiger partial charge on any atom is -0.491 e. The summed E-state index contributed by atoms with van der Waals surface area (Å²) in [4.78, 5) is 33.3. The fraction of sp³-hybridized carbons (Fsp3) is 0.182. The summed E-state index contributed by atoms with van der Waals surface area (Å²) < 4.78 is 18.3. The van der Waals surface area contributed by atoms with Crippen LogP contribution in [0.2, 0.25) is 0 Å². The van der Waals surface area contributed by atoms with Crippen molar-refractivity contribution in [2.75, 3.05) is 36.7 Å².